The Bertz CT molecular complexity index is 1600. The van der Waals surface area contributed by atoms with E-state index in [1.54, 1.807) is 6.08 Å². The van der Waals surface area contributed by atoms with Gasteiger partial charge >= 0.3 is 6.03 Å². The number of carbonyl (C=O) groups is 5. The van der Waals surface area contributed by atoms with Crippen LogP contribution in [0, 0.1) is 23.6 Å². The molecule has 0 unspecified atom stereocenters. The molecule has 2 heterocycles. The van der Waals surface area contributed by atoms with Crippen molar-refractivity contribution in [1.29, 1.82) is 0 Å². The molecule has 212 valence electrons. The number of primary amides is 1. The van der Waals surface area contributed by atoms with Gasteiger partial charge in [0.25, 0.3) is 11.8 Å². The number of anilines is 1. The van der Waals surface area contributed by atoms with Crippen LogP contribution in [0.1, 0.15) is 24.3 Å². The summed E-state index contributed by atoms with van der Waals surface area (Å²) >= 11 is 14.5. The fraction of sp³-hybridized carbons (Fsp3) is 0.321. The van der Waals surface area contributed by atoms with Crippen LogP contribution in [-0.4, -0.2) is 56.5 Å². The Morgan fingerprint density at radius 3 is 2.37 bits per heavy atom. The molecule has 0 spiro atoms. The van der Waals surface area contributed by atoms with Crippen molar-refractivity contribution in [2.75, 3.05) is 12.0 Å². The second-order valence-corrected chi connectivity index (χ2v) is 11.8. The maximum atomic E-state index is 14.3. The molecule has 2 aromatic rings. The number of aromatic hydroxyl groups is 1. The van der Waals surface area contributed by atoms with Gasteiger partial charge in [0, 0.05) is 17.5 Å². The molecular weight excluding hydrogens is 580 g/mol. The highest BCUT2D eigenvalue weighted by Crippen LogP contribution is 2.66. The summed E-state index contributed by atoms with van der Waals surface area (Å²) in [6, 6.07) is 7.55. The Labute approximate surface area is 242 Å². The number of alkyl halides is 2. The smallest absolute Gasteiger partial charge is 0.328 e. The predicted octanol–water partition coefficient (Wildman–Crippen LogP) is 3.18. The third kappa shape index (κ3) is 3.45. The number of benzene rings is 2. The van der Waals surface area contributed by atoms with Gasteiger partial charge in [-0.05, 0) is 49.1 Å². The standard InChI is InChI=1S/C28H22Cl2FN3O7/c1-41-19-10-14(35)6-7-16(19)21-15-8-9-17-20(23(37)34(22(17)36)26(32)40)18(15)11-27(29)24(38)33(25(39)28(21,27)30)13-4-2-12(31)3-5-13/h2-8,10,17-18,20-21,35H,9,11H2,1H3,(H2,32,40)/t17-,18+,20-,21+,27+,28-/m0/s1. The summed E-state index contributed by atoms with van der Waals surface area (Å²) in [5.74, 6) is -8.06. The number of hydrogen-bond acceptors (Lipinski definition) is 7. The van der Waals surface area contributed by atoms with Crippen LogP contribution < -0.4 is 15.4 Å². The topological polar surface area (TPSA) is 147 Å². The van der Waals surface area contributed by atoms with Gasteiger partial charge in [0.1, 0.15) is 17.3 Å². The van der Waals surface area contributed by atoms with E-state index in [0.29, 0.717) is 16.0 Å². The van der Waals surface area contributed by atoms with Gasteiger partial charge in [-0.1, -0.05) is 17.7 Å². The molecule has 2 aromatic carbocycles. The van der Waals surface area contributed by atoms with Crippen LogP contribution >= 0.6 is 23.2 Å². The zero-order valence-electron chi connectivity index (χ0n) is 21.3. The summed E-state index contributed by atoms with van der Waals surface area (Å²) in [7, 11) is 1.34. The minimum atomic E-state index is -2.17. The lowest BCUT2D eigenvalue weighted by Crippen LogP contribution is -2.60. The Hall–Kier alpha value is -3.96. The number of amides is 6. The van der Waals surface area contributed by atoms with Gasteiger partial charge in [-0.2, -0.15) is 4.90 Å². The summed E-state index contributed by atoms with van der Waals surface area (Å²) in [4.78, 5) is 63.7. The lowest BCUT2D eigenvalue weighted by molar-refractivity contribution is -0.136. The third-order valence-corrected chi connectivity index (χ3v) is 10.1. The number of nitrogens with zero attached hydrogens (tertiary/aromatic N) is 2. The Balaban J connectivity index is 1.59. The normalized spacial score (nSPS) is 32.4. The first-order valence-corrected chi connectivity index (χ1v) is 13.4. The number of methoxy groups -OCH3 is 1. The number of carbonyl (C=O) groups excluding carboxylic acids is 5. The van der Waals surface area contributed by atoms with Crippen molar-refractivity contribution >= 4 is 58.5 Å². The number of imide groups is 4. The molecule has 41 heavy (non-hydrogen) atoms. The number of likely N-dealkylation sites (tertiary alicyclic amines) is 1. The number of phenols is 1. The van der Waals surface area contributed by atoms with E-state index in [1.165, 1.54) is 37.4 Å². The van der Waals surface area contributed by atoms with Gasteiger partial charge in [-0.3, -0.25) is 19.2 Å². The van der Waals surface area contributed by atoms with Crippen molar-refractivity contribution in [2.24, 2.45) is 23.5 Å². The summed E-state index contributed by atoms with van der Waals surface area (Å²) in [5.41, 5.74) is 6.13. The van der Waals surface area contributed by atoms with Crippen LogP contribution in [0.15, 0.2) is 54.1 Å². The summed E-state index contributed by atoms with van der Waals surface area (Å²) in [6.45, 7) is 0. The van der Waals surface area contributed by atoms with E-state index in [4.69, 9.17) is 33.7 Å². The summed E-state index contributed by atoms with van der Waals surface area (Å²) in [6.07, 6.45) is 1.39. The van der Waals surface area contributed by atoms with Crippen molar-refractivity contribution in [1.82, 2.24) is 4.90 Å². The first-order valence-electron chi connectivity index (χ1n) is 12.6. The maximum absolute atomic E-state index is 14.3. The van der Waals surface area contributed by atoms with E-state index in [0.717, 1.165) is 17.0 Å². The van der Waals surface area contributed by atoms with Crippen molar-refractivity contribution in [3.63, 3.8) is 0 Å². The molecule has 10 nitrogen and oxygen atoms in total. The van der Waals surface area contributed by atoms with Crippen molar-refractivity contribution in [2.45, 2.75) is 28.5 Å². The van der Waals surface area contributed by atoms with Crippen LogP contribution in [0.3, 0.4) is 0 Å². The van der Waals surface area contributed by atoms with E-state index in [9.17, 15) is 33.5 Å². The monoisotopic (exact) mass is 601 g/mol. The highest BCUT2D eigenvalue weighted by atomic mass is 35.5. The highest BCUT2D eigenvalue weighted by molar-refractivity contribution is 6.58. The van der Waals surface area contributed by atoms with E-state index in [2.05, 4.69) is 0 Å². The minimum absolute atomic E-state index is 0.0355. The molecule has 13 heteroatoms. The number of nitrogens with two attached hydrogens (primary N) is 1. The molecule has 4 aliphatic rings. The number of fused-ring (bicyclic) bond motifs is 4. The van der Waals surface area contributed by atoms with Gasteiger partial charge in [0.05, 0.1) is 24.6 Å². The van der Waals surface area contributed by atoms with Crippen LogP contribution in [-0.2, 0) is 19.2 Å². The number of urea groups is 1. The van der Waals surface area contributed by atoms with Crippen LogP contribution in [0.5, 0.6) is 11.5 Å². The lowest BCUT2D eigenvalue weighted by atomic mass is 9.56. The molecule has 6 amide bonds. The average molecular weight is 602 g/mol. The largest absolute Gasteiger partial charge is 0.508 e. The van der Waals surface area contributed by atoms with Crippen LogP contribution in [0.4, 0.5) is 14.9 Å². The van der Waals surface area contributed by atoms with E-state index in [1.807, 2.05) is 0 Å². The second-order valence-electron chi connectivity index (χ2n) is 10.5. The molecular formula is C28H22Cl2FN3O7. The number of rotatable bonds is 3. The third-order valence-electron chi connectivity index (χ3n) is 8.64. The first kappa shape index (κ1) is 27.2. The second kappa shape index (κ2) is 9.02. The van der Waals surface area contributed by atoms with Crippen molar-refractivity contribution in [3.05, 3.63) is 65.5 Å². The summed E-state index contributed by atoms with van der Waals surface area (Å²) in [5, 5.41) is 10.1. The number of halogens is 3. The van der Waals surface area contributed by atoms with Gasteiger partial charge in [0.2, 0.25) is 11.8 Å². The molecule has 3 fully saturated rings. The summed E-state index contributed by atoms with van der Waals surface area (Å²) < 4.78 is 19.2. The van der Waals surface area contributed by atoms with Crippen molar-refractivity contribution < 1.29 is 38.2 Å². The van der Waals surface area contributed by atoms with Crippen LogP contribution in [0.2, 0.25) is 0 Å². The fourth-order valence-corrected chi connectivity index (χ4v) is 7.83. The SMILES string of the molecule is COc1cc(O)ccc1[C@H]1C2=CC[C@@H]3C(=O)N(C(N)=O)C(=O)[C@@H]3[C@@H]2C[C@@]2(Cl)C(=O)N(c3ccc(F)cc3)C(=O)[C@@]12Cl. The fourth-order valence-electron chi connectivity index (χ4n) is 6.90. The molecule has 2 aliphatic carbocycles. The molecule has 3 N–H and O–H groups in total. The predicted molar refractivity (Wildman–Crippen MR) is 143 cm³/mol. The van der Waals surface area contributed by atoms with Crippen LogP contribution in [0.25, 0.3) is 0 Å². The van der Waals surface area contributed by atoms with E-state index < -0.39 is 68.9 Å². The minimum Gasteiger partial charge on any atom is -0.508 e. The van der Waals surface area contributed by atoms with E-state index in [-0.39, 0.29) is 30.0 Å². The first-order chi connectivity index (χ1) is 19.4. The molecule has 6 rings (SSSR count). The Morgan fingerprint density at radius 1 is 1.05 bits per heavy atom. The zero-order valence-corrected chi connectivity index (χ0v) is 22.9. The Kier molecular flexibility index (Phi) is 5.99. The van der Waals surface area contributed by atoms with Gasteiger partial charge in [0.15, 0.2) is 9.75 Å². The van der Waals surface area contributed by atoms with Gasteiger partial charge < -0.3 is 15.6 Å². The molecule has 0 bridgehead atoms. The quantitative estimate of drug-likeness (QED) is 0.312. The molecule has 6 atom stereocenters. The molecule has 1 saturated carbocycles. The van der Waals surface area contributed by atoms with Gasteiger partial charge in [-0.15, -0.1) is 23.2 Å². The highest BCUT2D eigenvalue weighted by Gasteiger charge is 2.77. The zero-order chi connectivity index (χ0) is 29.6. The number of allylic oxidation sites excluding steroid dienone is 2. The molecule has 0 radical (unpaired) electrons. The molecule has 2 aliphatic heterocycles. The number of ether oxygens (including phenoxy) is 1. The number of hydrogen-bond donors (Lipinski definition) is 2. The van der Waals surface area contributed by atoms with Crippen molar-refractivity contribution in [3.8, 4) is 11.5 Å². The van der Waals surface area contributed by atoms with Gasteiger partial charge in [-0.25, -0.2) is 14.1 Å². The maximum Gasteiger partial charge on any atom is 0.328 e. The lowest BCUT2D eigenvalue weighted by Gasteiger charge is -2.50. The average Bonchev–Trinajstić information content (AvgIpc) is 3.27. The Morgan fingerprint density at radius 2 is 1.73 bits per heavy atom. The molecule has 0 aromatic heterocycles. The molecule has 2 saturated heterocycles. The number of phenolic OH excluding ortho intramolecular Hbond substituents is 1. The van der Waals surface area contributed by atoms with E-state index >= 15 is 0 Å².